The van der Waals surface area contributed by atoms with Crippen molar-refractivity contribution in [2.24, 2.45) is 0 Å². The lowest BCUT2D eigenvalue weighted by atomic mass is 10.2. The molecule has 1 aromatic carbocycles. The van der Waals surface area contributed by atoms with Gasteiger partial charge in [-0.2, -0.15) is 0 Å². The van der Waals surface area contributed by atoms with Gasteiger partial charge in [0.15, 0.2) is 0 Å². The van der Waals surface area contributed by atoms with Crippen molar-refractivity contribution >= 4 is 17.3 Å². The Morgan fingerprint density at radius 2 is 2.00 bits per heavy atom. The van der Waals surface area contributed by atoms with E-state index in [4.69, 9.17) is 11.6 Å². The monoisotopic (exact) mass is 250 g/mol. The number of anilines is 1. The number of hydrogen-bond acceptors (Lipinski definition) is 2. The topological polar surface area (TPSA) is 15.3 Å². The number of halogens is 1. The van der Waals surface area contributed by atoms with Crippen LogP contribution >= 0.6 is 11.6 Å². The highest BCUT2D eigenvalue weighted by atomic mass is 35.5. The Balaban J connectivity index is 1.68. The molecule has 17 heavy (non-hydrogen) atoms. The third-order valence-electron chi connectivity index (χ3n) is 3.67. The SMILES string of the molecule is Clc1cc(N2CCCC2)ccc1CNC1CC1. The number of benzene rings is 1. The minimum absolute atomic E-state index is 0.740. The van der Waals surface area contributed by atoms with Crippen molar-refractivity contribution < 1.29 is 0 Å². The molecule has 3 heteroatoms. The van der Waals surface area contributed by atoms with Crippen LogP contribution in [-0.4, -0.2) is 19.1 Å². The van der Waals surface area contributed by atoms with Crippen LogP contribution in [0.2, 0.25) is 5.02 Å². The fraction of sp³-hybridized carbons (Fsp3) is 0.571. The van der Waals surface area contributed by atoms with Crippen molar-refractivity contribution in [2.75, 3.05) is 18.0 Å². The molecule has 3 rings (SSSR count). The lowest BCUT2D eigenvalue weighted by Crippen LogP contribution is -2.18. The van der Waals surface area contributed by atoms with E-state index in [0.717, 1.165) is 17.6 Å². The molecule has 92 valence electrons. The van der Waals surface area contributed by atoms with E-state index in [1.54, 1.807) is 0 Å². The van der Waals surface area contributed by atoms with E-state index < -0.39 is 0 Å². The molecular weight excluding hydrogens is 232 g/mol. The summed E-state index contributed by atoms with van der Waals surface area (Å²) in [6.45, 7) is 3.26. The minimum atomic E-state index is 0.740. The maximum absolute atomic E-state index is 6.35. The molecule has 1 aliphatic carbocycles. The summed E-state index contributed by atoms with van der Waals surface area (Å²) in [6.07, 6.45) is 5.26. The summed E-state index contributed by atoms with van der Waals surface area (Å²) in [4.78, 5) is 2.42. The Morgan fingerprint density at radius 1 is 1.24 bits per heavy atom. The van der Waals surface area contributed by atoms with Crippen LogP contribution < -0.4 is 10.2 Å². The summed E-state index contributed by atoms with van der Waals surface area (Å²) in [6, 6.07) is 7.24. The average molecular weight is 251 g/mol. The molecule has 1 aliphatic heterocycles. The molecule has 0 unspecified atom stereocenters. The Hall–Kier alpha value is -0.730. The lowest BCUT2D eigenvalue weighted by Gasteiger charge is -2.18. The van der Waals surface area contributed by atoms with Gasteiger partial charge in [-0.15, -0.1) is 0 Å². The highest BCUT2D eigenvalue weighted by molar-refractivity contribution is 6.31. The molecule has 0 aromatic heterocycles. The highest BCUT2D eigenvalue weighted by Gasteiger charge is 2.20. The molecule has 1 N–H and O–H groups in total. The third-order valence-corrected chi connectivity index (χ3v) is 4.02. The fourth-order valence-electron chi connectivity index (χ4n) is 2.39. The molecule has 2 nitrogen and oxygen atoms in total. The van der Waals surface area contributed by atoms with Gasteiger partial charge in [-0.1, -0.05) is 17.7 Å². The minimum Gasteiger partial charge on any atom is -0.371 e. The Bertz CT molecular complexity index is 395. The summed E-state index contributed by atoms with van der Waals surface area (Å²) >= 11 is 6.35. The van der Waals surface area contributed by atoms with Crippen LogP contribution in [0.4, 0.5) is 5.69 Å². The molecule has 1 saturated heterocycles. The summed E-state index contributed by atoms with van der Waals surface area (Å²) in [7, 11) is 0. The van der Waals surface area contributed by atoms with E-state index in [9.17, 15) is 0 Å². The van der Waals surface area contributed by atoms with Crippen LogP contribution in [0.25, 0.3) is 0 Å². The van der Waals surface area contributed by atoms with Gasteiger partial charge >= 0.3 is 0 Å². The Morgan fingerprint density at radius 3 is 2.65 bits per heavy atom. The van der Waals surface area contributed by atoms with Crippen LogP contribution in [0.15, 0.2) is 18.2 Å². The van der Waals surface area contributed by atoms with Crippen LogP contribution in [0.3, 0.4) is 0 Å². The van der Waals surface area contributed by atoms with Gasteiger partial charge in [0.25, 0.3) is 0 Å². The first-order chi connectivity index (χ1) is 8.33. The Kier molecular flexibility index (Phi) is 3.26. The van der Waals surface area contributed by atoms with Crippen molar-refractivity contribution in [1.82, 2.24) is 5.32 Å². The van der Waals surface area contributed by atoms with Gasteiger partial charge in [-0.25, -0.2) is 0 Å². The molecule has 0 spiro atoms. The number of nitrogens with zero attached hydrogens (tertiary/aromatic N) is 1. The number of hydrogen-bond donors (Lipinski definition) is 1. The van der Waals surface area contributed by atoms with Gasteiger partial charge in [0.2, 0.25) is 0 Å². The van der Waals surface area contributed by atoms with Gasteiger partial charge < -0.3 is 10.2 Å². The van der Waals surface area contributed by atoms with Gasteiger partial charge in [0.05, 0.1) is 0 Å². The number of rotatable bonds is 4. The maximum atomic E-state index is 6.35. The second-order valence-electron chi connectivity index (χ2n) is 5.13. The molecule has 0 atom stereocenters. The van der Waals surface area contributed by atoms with E-state index in [0.29, 0.717) is 0 Å². The van der Waals surface area contributed by atoms with Crippen LogP contribution in [0.1, 0.15) is 31.2 Å². The van der Waals surface area contributed by atoms with E-state index in [1.807, 2.05) is 0 Å². The van der Waals surface area contributed by atoms with Gasteiger partial charge in [-0.05, 0) is 43.4 Å². The zero-order chi connectivity index (χ0) is 11.7. The summed E-state index contributed by atoms with van der Waals surface area (Å²) in [5, 5.41) is 4.41. The molecule has 2 fully saturated rings. The standard InChI is InChI=1S/C14H19ClN2/c15-14-9-13(17-7-1-2-8-17)6-3-11(14)10-16-12-4-5-12/h3,6,9,12,16H,1-2,4-5,7-8,10H2. The molecule has 2 aliphatic rings. The van der Waals surface area contributed by atoms with Gasteiger partial charge in [-0.3, -0.25) is 0 Å². The lowest BCUT2D eigenvalue weighted by molar-refractivity contribution is 0.688. The smallest absolute Gasteiger partial charge is 0.0471 e. The maximum Gasteiger partial charge on any atom is 0.0471 e. The summed E-state index contributed by atoms with van der Waals surface area (Å²) in [5.41, 5.74) is 2.50. The van der Waals surface area contributed by atoms with E-state index in [1.165, 1.54) is 50.0 Å². The highest BCUT2D eigenvalue weighted by Crippen LogP contribution is 2.27. The van der Waals surface area contributed by atoms with E-state index in [2.05, 4.69) is 28.4 Å². The average Bonchev–Trinajstić information content (AvgIpc) is 3.00. The van der Waals surface area contributed by atoms with Crippen molar-refractivity contribution in [3.8, 4) is 0 Å². The normalized spacial score (nSPS) is 19.9. The first-order valence-electron chi connectivity index (χ1n) is 6.60. The molecular formula is C14H19ClN2. The first kappa shape index (κ1) is 11.4. The van der Waals surface area contributed by atoms with Crippen molar-refractivity contribution in [3.63, 3.8) is 0 Å². The summed E-state index contributed by atoms with van der Waals surface area (Å²) < 4.78 is 0. The number of nitrogens with one attached hydrogen (secondary N) is 1. The van der Waals surface area contributed by atoms with Gasteiger partial charge in [0, 0.05) is 36.4 Å². The van der Waals surface area contributed by atoms with Crippen LogP contribution in [0, 0.1) is 0 Å². The zero-order valence-corrected chi connectivity index (χ0v) is 10.8. The Labute approximate surface area is 108 Å². The molecule has 0 amide bonds. The molecule has 0 radical (unpaired) electrons. The fourth-order valence-corrected chi connectivity index (χ4v) is 2.63. The third kappa shape index (κ3) is 2.75. The molecule has 0 bridgehead atoms. The summed E-state index contributed by atoms with van der Waals surface area (Å²) in [5.74, 6) is 0. The largest absolute Gasteiger partial charge is 0.371 e. The first-order valence-corrected chi connectivity index (χ1v) is 6.97. The van der Waals surface area contributed by atoms with Crippen LogP contribution in [0.5, 0.6) is 0 Å². The van der Waals surface area contributed by atoms with Crippen LogP contribution in [-0.2, 0) is 6.54 Å². The molecule has 1 aromatic rings. The van der Waals surface area contributed by atoms with Crippen molar-refractivity contribution in [2.45, 2.75) is 38.3 Å². The predicted octanol–water partition coefficient (Wildman–Crippen LogP) is 3.19. The van der Waals surface area contributed by atoms with Crippen molar-refractivity contribution in [3.05, 3.63) is 28.8 Å². The van der Waals surface area contributed by atoms with E-state index >= 15 is 0 Å². The second-order valence-corrected chi connectivity index (χ2v) is 5.53. The van der Waals surface area contributed by atoms with Gasteiger partial charge in [0.1, 0.15) is 0 Å². The predicted molar refractivity (Wildman–Crippen MR) is 72.8 cm³/mol. The zero-order valence-electron chi connectivity index (χ0n) is 10.1. The molecule has 1 saturated carbocycles. The van der Waals surface area contributed by atoms with Crippen molar-refractivity contribution in [1.29, 1.82) is 0 Å². The van der Waals surface area contributed by atoms with E-state index in [-0.39, 0.29) is 0 Å². The second kappa shape index (κ2) is 4.87. The quantitative estimate of drug-likeness (QED) is 0.883. The molecule has 1 heterocycles.